The van der Waals surface area contributed by atoms with Crippen molar-refractivity contribution in [2.75, 3.05) is 26.2 Å². The van der Waals surface area contributed by atoms with Crippen LogP contribution in [0.25, 0.3) is 0 Å². The first kappa shape index (κ1) is 13.0. The summed E-state index contributed by atoms with van der Waals surface area (Å²) in [4.78, 5) is 8.39. The highest BCUT2D eigenvalue weighted by Gasteiger charge is 2.18. The maximum absolute atomic E-state index is 5.47. The lowest BCUT2D eigenvalue weighted by molar-refractivity contribution is 0.351. The Kier molecular flexibility index (Phi) is 5.30. The van der Waals surface area contributed by atoms with Crippen LogP contribution in [0.15, 0.2) is 6.20 Å². The molecule has 3 N–H and O–H groups in total. The topological polar surface area (TPSA) is 82.3 Å². The van der Waals surface area contributed by atoms with E-state index in [0.29, 0.717) is 17.5 Å². The molecule has 0 aliphatic carbocycles. The van der Waals surface area contributed by atoms with Crippen LogP contribution in [0.4, 0.5) is 0 Å². The fourth-order valence-corrected chi connectivity index (χ4v) is 1.81. The van der Waals surface area contributed by atoms with Gasteiger partial charge in [0.05, 0.1) is 26.5 Å². The van der Waals surface area contributed by atoms with Gasteiger partial charge in [0.15, 0.2) is 0 Å². The van der Waals surface area contributed by atoms with E-state index in [1.54, 1.807) is 25.1 Å². The first-order chi connectivity index (χ1) is 7.76. The molecule has 0 aliphatic rings. The number of rotatable bonds is 6. The van der Waals surface area contributed by atoms with E-state index in [0.717, 1.165) is 5.75 Å². The summed E-state index contributed by atoms with van der Waals surface area (Å²) in [6.07, 6.45) is 3.54. The summed E-state index contributed by atoms with van der Waals surface area (Å²) in [5.41, 5.74) is 3.37. The van der Waals surface area contributed by atoms with Gasteiger partial charge in [0, 0.05) is 5.75 Å². The van der Waals surface area contributed by atoms with Crippen LogP contribution in [0.5, 0.6) is 11.8 Å². The zero-order valence-electron chi connectivity index (χ0n) is 9.56. The van der Waals surface area contributed by atoms with Crippen LogP contribution >= 0.6 is 11.8 Å². The summed E-state index contributed by atoms with van der Waals surface area (Å²) >= 11 is 1.66. The Hall–Kier alpha value is -1.05. The molecule has 7 heteroatoms. The molecule has 16 heavy (non-hydrogen) atoms. The Labute approximate surface area is 98.9 Å². The molecule has 0 saturated carbocycles. The van der Waals surface area contributed by atoms with Crippen LogP contribution < -0.4 is 20.7 Å². The summed E-state index contributed by atoms with van der Waals surface area (Å²) in [6, 6.07) is -0.0941. The van der Waals surface area contributed by atoms with Crippen LogP contribution in [-0.2, 0) is 0 Å². The lowest BCUT2D eigenvalue weighted by atomic mass is 10.2. The van der Waals surface area contributed by atoms with Gasteiger partial charge in [-0.1, -0.05) is 0 Å². The quantitative estimate of drug-likeness (QED) is 0.552. The van der Waals surface area contributed by atoms with E-state index in [2.05, 4.69) is 15.4 Å². The van der Waals surface area contributed by atoms with Crippen molar-refractivity contribution in [2.45, 2.75) is 6.04 Å². The largest absolute Gasteiger partial charge is 0.480 e. The third kappa shape index (κ3) is 2.97. The highest BCUT2D eigenvalue weighted by atomic mass is 32.2. The zero-order valence-corrected chi connectivity index (χ0v) is 10.4. The van der Waals surface area contributed by atoms with Gasteiger partial charge in [-0.05, 0) is 6.26 Å². The summed E-state index contributed by atoms with van der Waals surface area (Å²) in [5, 5.41) is 0. The van der Waals surface area contributed by atoms with Gasteiger partial charge in [-0.15, -0.1) is 0 Å². The number of nitrogens with one attached hydrogen (secondary N) is 1. The lowest BCUT2D eigenvalue weighted by Gasteiger charge is -2.16. The van der Waals surface area contributed by atoms with Crippen LogP contribution in [0.2, 0.25) is 0 Å². The predicted octanol–water partition coefficient (Wildman–Crippen LogP) is 0.361. The zero-order chi connectivity index (χ0) is 12.0. The Morgan fingerprint density at radius 1 is 1.50 bits per heavy atom. The van der Waals surface area contributed by atoms with Gasteiger partial charge in [-0.3, -0.25) is 11.3 Å². The molecule has 1 atom stereocenters. The second kappa shape index (κ2) is 6.51. The number of hydrogen-bond donors (Lipinski definition) is 2. The molecule has 0 spiro atoms. The fourth-order valence-electron chi connectivity index (χ4n) is 1.23. The van der Waals surface area contributed by atoms with Crippen LogP contribution in [0.1, 0.15) is 11.7 Å². The van der Waals surface area contributed by atoms with Gasteiger partial charge in [-0.25, -0.2) is 4.98 Å². The molecular weight excluding hydrogens is 228 g/mol. The van der Waals surface area contributed by atoms with E-state index in [1.165, 1.54) is 7.11 Å². The molecule has 0 fully saturated rings. The number of aromatic nitrogens is 2. The molecule has 1 heterocycles. The van der Waals surface area contributed by atoms with Crippen molar-refractivity contribution >= 4 is 11.8 Å². The number of nitrogens with zero attached hydrogens (tertiary/aromatic N) is 2. The molecule has 1 unspecified atom stereocenters. The molecule has 0 bridgehead atoms. The molecular formula is C9H16N4O2S. The SMILES string of the molecule is COc1cnc(C(CSC)NN)c(OC)n1. The molecule has 90 valence electrons. The Bertz CT molecular complexity index is 337. The molecule has 1 rings (SSSR count). The van der Waals surface area contributed by atoms with Gasteiger partial charge in [0.25, 0.3) is 0 Å². The summed E-state index contributed by atoms with van der Waals surface area (Å²) < 4.78 is 10.1. The minimum atomic E-state index is -0.0941. The third-order valence-electron chi connectivity index (χ3n) is 2.01. The Morgan fingerprint density at radius 2 is 2.25 bits per heavy atom. The van der Waals surface area contributed by atoms with E-state index in [9.17, 15) is 0 Å². The molecule has 6 nitrogen and oxygen atoms in total. The molecule has 0 aliphatic heterocycles. The van der Waals surface area contributed by atoms with Crippen molar-refractivity contribution in [1.82, 2.24) is 15.4 Å². The van der Waals surface area contributed by atoms with E-state index < -0.39 is 0 Å². The third-order valence-corrected chi connectivity index (χ3v) is 2.68. The summed E-state index contributed by atoms with van der Waals surface area (Å²) in [7, 11) is 3.07. The maximum Gasteiger partial charge on any atom is 0.240 e. The Morgan fingerprint density at radius 3 is 2.75 bits per heavy atom. The van der Waals surface area contributed by atoms with Gasteiger partial charge in [-0.2, -0.15) is 16.7 Å². The van der Waals surface area contributed by atoms with E-state index in [-0.39, 0.29) is 6.04 Å². The summed E-state index contributed by atoms with van der Waals surface area (Å²) in [5.74, 6) is 7.10. The molecule has 1 aromatic rings. The molecule has 0 amide bonds. The highest BCUT2D eigenvalue weighted by Crippen LogP contribution is 2.24. The number of methoxy groups -OCH3 is 2. The second-order valence-electron chi connectivity index (χ2n) is 2.98. The summed E-state index contributed by atoms with van der Waals surface area (Å²) in [6.45, 7) is 0. The fraction of sp³-hybridized carbons (Fsp3) is 0.556. The monoisotopic (exact) mass is 244 g/mol. The first-order valence-corrected chi connectivity index (χ1v) is 6.06. The van der Waals surface area contributed by atoms with Crippen molar-refractivity contribution in [3.63, 3.8) is 0 Å². The van der Waals surface area contributed by atoms with E-state index >= 15 is 0 Å². The van der Waals surface area contributed by atoms with Crippen LogP contribution in [0.3, 0.4) is 0 Å². The number of hydrogen-bond acceptors (Lipinski definition) is 7. The Balaban J connectivity index is 3.01. The number of ether oxygens (including phenoxy) is 2. The maximum atomic E-state index is 5.47. The average Bonchev–Trinajstić information content (AvgIpc) is 2.35. The number of hydrazine groups is 1. The van der Waals surface area contributed by atoms with Crippen molar-refractivity contribution in [1.29, 1.82) is 0 Å². The van der Waals surface area contributed by atoms with Crippen LogP contribution in [0, 0.1) is 0 Å². The van der Waals surface area contributed by atoms with Crippen LogP contribution in [-0.4, -0.2) is 36.2 Å². The molecule has 0 saturated heterocycles. The van der Waals surface area contributed by atoms with Crippen molar-refractivity contribution in [3.05, 3.63) is 11.9 Å². The van der Waals surface area contributed by atoms with E-state index in [1.807, 2.05) is 6.26 Å². The average molecular weight is 244 g/mol. The molecule has 1 aromatic heterocycles. The highest BCUT2D eigenvalue weighted by molar-refractivity contribution is 7.98. The molecule has 0 aromatic carbocycles. The number of nitrogens with two attached hydrogens (primary N) is 1. The second-order valence-corrected chi connectivity index (χ2v) is 3.89. The predicted molar refractivity (Wildman–Crippen MR) is 63.6 cm³/mol. The van der Waals surface area contributed by atoms with Crippen molar-refractivity contribution < 1.29 is 9.47 Å². The van der Waals surface area contributed by atoms with Gasteiger partial charge in [0.2, 0.25) is 11.8 Å². The van der Waals surface area contributed by atoms with Crippen molar-refractivity contribution in [3.8, 4) is 11.8 Å². The van der Waals surface area contributed by atoms with Gasteiger partial charge in [0.1, 0.15) is 5.69 Å². The smallest absolute Gasteiger partial charge is 0.240 e. The minimum Gasteiger partial charge on any atom is -0.480 e. The molecule has 0 radical (unpaired) electrons. The van der Waals surface area contributed by atoms with Gasteiger partial charge < -0.3 is 9.47 Å². The first-order valence-electron chi connectivity index (χ1n) is 4.66. The van der Waals surface area contributed by atoms with E-state index in [4.69, 9.17) is 15.3 Å². The lowest BCUT2D eigenvalue weighted by Crippen LogP contribution is -2.30. The normalized spacial score (nSPS) is 12.2. The van der Waals surface area contributed by atoms with Crippen molar-refractivity contribution in [2.24, 2.45) is 5.84 Å². The number of thioether (sulfide) groups is 1. The minimum absolute atomic E-state index is 0.0941. The standard InChI is InChI=1S/C9H16N4O2S/c1-14-7-4-11-8(9(12-7)15-2)6(13-10)5-16-3/h4,6,13H,5,10H2,1-3H3. The van der Waals surface area contributed by atoms with Gasteiger partial charge >= 0.3 is 0 Å².